The second-order valence-electron chi connectivity index (χ2n) is 4.13. The fourth-order valence-electron chi connectivity index (χ4n) is 1.93. The SMILES string of the molecule is Cc1[nH]c(C(=O)O)c(C)c1C(=O)Nc1cccnc1. The molecule has 6 nitrogen and oxygen atoms in total. The number of aromatic carboxylic acids is 1. The lowest BCUT2D eigenvalue weighted by Gasteiger charge is -2.05. The van der Waals surface area contributed by atoms with Crippen molar-refractivity contribution in [3.8, 4) is 0 Å². The molecule has 0 saturated heterocycles. The first-order chi connectivity index (χ1) is 9.00. The van der Waals surface area contributed by atoms with Crippen LogP contribution in [-0.2, 0) is 0 Å². The number of H-pyrrole nitrogens is 1. The van der Waals surface area contributed by atoms with Crippen molar-refractivity contribution in [2.45, 2.75) is 13.8 Å². The first-order valence-electron chi connectivity index (χ1n) is 5.64. The van der Waals surface area contributed by atoms with Gasteiger partial charge in [0.05, 0.1) is 17.4 Å². The molecule has 0 saturated carbocycles. The van der Waals surface area contributed by atoms with E-state index in [1.54, 1.807) is 32.2 Å². The molecular weight excluding hydrogens is 246 g/mol. The highest BCUT2D eigenvalue weighted by Crippen LogP contribution is 2.19. The van der Waals surface area contributed by atoms with Crippen LogP contribution in [0.1, 0.15) is 32.1 Å². The van der Waals surface area contributed by atoms with E-state index in [0.717, 1.165) is 0 Å². The molecule has 0 fully saturated rings. The van der Waals surface area contributed by atoms with Crippen LogP contribution in [-0.4, -0.2) is 27.0 Å². The molecule has 0 atom stereocenters. The second kappa shape index (κ2) is 4.93. The molecule has 2 aromatic rings. The third-order valence-electron chi connectivity index (χ3n) is 2.80. The Bertz CT molecular complexity index is 632. The predicted octanol–water partition coefficient (Wildman–Crippen LogP) is 1.98. The largest absolute Gasteiger partial charge is 0.477 e. The summed E-state index contributed by atoms with van der Waals surface area (Å²) in [5.74, 6) is -1.44. The van der Waals surface area contributed by atoms with Gasteiger partial charge in [0, 0.05) is 11.9 Å². The lowest BCUT2D eigenvalue weighted by Crippen LogP contribution is -2.14. The van der Waals surface area contributed by atoms with Gasteiger partial charge in [0.1, 0.15) is 5.69 Å². The van der Waals surface area contributed by atoms with Crippen LogP contribution in [0, 0.1) is 13.8 Å². The summed E-state index contributed by atoms with van der Waals surface area (Å²) in [5, 5.41) is 11.7. The zero-order valence-electron chi connectivity index (χ0n) is 10.5. The Morgan fingerprint density at radius 2 is 2.11 bits per heavy atom. The number of anilines is 1. The zero-order valence-corrected chi connectivity index (χ0v) is 10.5. The van der Waals surface area contributed by atoms with Crippen LogP contribution in [0.15, 0.2) is 24.5 Å². The summed E-state index contributed by atoms with van der Waals surface area (Å²) in [6, 6.07) is 3.41. The highest BCUT2D eigenvalue weighted by molar-refractivity contribution is 6.08. The van der Waals surface area contributed by atoms with E-state index in [1.165, 1.54) is 6.20 Å². The number of hydrogen-bond acceptors (Lipinski definition) is 3. The van der Waals surface area contributed by atoms with E-state index in [4.69, 9.17) is 5.11 Å². The second-order valence-corrected chi connectivity index (χ2v) is 4.13. The molecule has 0 spiro atoms. The van der Waals surface area contributed by atoms with E-state index in [-0.39, 0.29) is 11.6 Å². The van der Waals surface area contributed by atoms with Gasteiger partial charge >= 0.3 is 5.97 Å². The first kappa shape index (κ1) is 12.8. The summed E-state index contributed by atoms with van der Waals surface area (Å²) in [5.41, 5.74) is 1.89. The van der Waals surface area contributed by atoms with Crippen molar-refractivity contribution in [1.29, 1.82) is 0 Å². The summed E-state index contributed by atoms with van der Waals surface area (Å²) in [4.78, 5) is 29.7. The number of amides is 1. The summed E-state index contributed by atoms with van der Waals surface area (Å²) in [7, 11) is 0. The molecule has 3 N–H and O–H groups in total. The normalized spacial score (nSPS) is 10.2. The number of carbonyl (C=O) groups excluding carboxylic acids is 1. The van der Waals surface area contributed by atoms with Crippen molar-refractivity contribution >= 4 is 17.6 Å². The van der Waals surface area contributed by atoms with Crippen molar-refractivity contribution in [1.82, 2.24) is 9.97 Å². The molecule has 0 aliphatic heterocycles. The third kappa shape index (κ3) is 2.47. The van der Waals surface area contributed by atoms with E-state index in [0.29, 0.717) is 22.5 Å². The number of hydrogen-bond donors (Lipinski definition) is 3. The van der Waals surface area contributed by atoms with Crippen LogP contribution in [0.4, 0.5) is 5.69 Å². The number of carboxylic acid groups (broad SMARTS) is 1. The molecule has 2 heterocycles. The van der Waals surface area contributed by atoms with Gasteiger partial charge in [-0.15, -0.1) is 0 Å². The molecule has 0 unspecified atom stereocenters. The number of carbonyl (C=O) groups is 2. The van der Waals surface area contributed by atoms with E-state index < -0.39 is 5.97 Å². The Labute approximate surface area is 109 Å². The molecule has 0 bridgehead atoms. The number of nitrogens with zero attached hydrogens (tertiary/aromatic N) is 1. The number of aryl methyl sites for hydroxylation is 1. The van der Waals surface area contributed by atoms with Crippen LogP contribution in [0.3, 0.4) is 0 Å². The Morgan fingerprint density at radius 3 is 2.63 bits per heavy atom. The molecule has 0 radical (unpaired) electrons. The van der Waals surface area contributed by atoms with Gasteiger partial charge in [0.2, 0.25) is 0 Å². The Morgan fingerprint density at radius 1 is 1.37 bits per heavy atom. The summed E-state index contributed by atoms with van der Waals surface area (Å²) in [6.07, 6.45) is 3.12. The Hall–Kier alpha value is -2.63. The van der Waals surface area contributed by atoms with Crippen LogP contribution in [0.25, 0.3) is 0 Å². The van der Waals surface area contributed by atoms with Gasteiger partial charge in [-0.2, -0.15) is 0 Å². The number of aromatic nitrogens is 2. The minimum absolute atomic E-state index is 0.0360. The first-order valence-corrected chi connectivity index (χ1v) is 5.64. The van der Waals surface area contributed by atoms with Crippen molar-refractivity contribution in [3.63, 3.8) is 0 Å². The van der Waals surface area contributed by atoms with Gasteiger partial charge in [-0.3, -0.25) is 9.78 Å². The minimum Gasteiger partial charge on any atom is -0.477 e. The fourth-order valence-corrected chi connectivity index (χ4v) is 1.93. The molecule has 0 aliphatic rings. The van der Waals surface area contributed by atoms with E-state index in [9.17, 15) is 9.59 Å². The van der Waals surface area contributed by atoms with Gasteiger partial charge in [-0.1, -0.05) is 0 Å². The summed E-state index contributed by atoms with van der Waals surface area (Å²) in [6.45, 7) is 3.27. The molecule has 6 heteroatoms. The molecule has 1 amide bonds. The fraction of sp³-hybridized carbons (Fsp3) is 0.154. The van der Waals surface area contributed by atoms with Gasteiger partial charge in [-0.25, -0.2) is 4.79 Å². The van der Waals surface area contributed by atoms with Crippen LogP contribution in [0.5, 0.6) is 0 Å². The van der Waals surface area contributed by atoms with E-state index >= 15 is 0 Å². The smallest absolute Gasteiger partial charge is 0.352 e. The number of rotatable bonds is 3. The highest BCUT2D eigenvalue weighted by Gasteiger charge is 2.21. The molecule has 19 heavy (non-hydrogen) atoms. The quantitative estimate of drug-likeness (QED) is 0.785. The maximum Gasteiger partial charge on any atom is 0.352 e. The molecule has 0 aromatic carbocycles. The Balaban J connectivity index is 2.32. The number of aromatic amines is 1. The maximum atomic E-state index is 12.1. The van der Waals surface area contributed by atoms with Crippen LogP contribution in [0.2, 0.25) is 0 Å². The van der Waals surface area contributed by atoms with E-state index in [2.05, 4.69) is 15.3 Å². The average molecular weight is 259 g/mol. The van der Waals surface area contributed by atoms with Gasteiger partial charge in [-0.05, 0) is 31.5 Å². The molecular formula is C13H13N3O3. The number of carboxylic acids is 1. The van der Waals surface area contributed by atoms with Gasteiger partial charge < -0.3 is 15.4 Å². The van der Waals surface area contributed by atoms with Crippen LogP contribution >= 0.6 is 0 Å². The van der Waals surface area contributed by atoms with Crippen molar-refractivity contribution in [2.24, 2.45) is 0 Å². The third-order valence-corrected chi connectivity index (χ3v) is 2.80. The molecule has 2 rings (SSSR count). The highest BCUT2D eigenvalue weighted by atomic mass is 16.4. The lowest BCUT2D eigenvalue weighted by atomic mass is 10.1. The van der Waals surface area contributed by atoms with Crippen LogP contribution < -0.4 is 5.32 Å². The standard InChI is InChI=1S/C13H13N3O3/c1-7-10(8(2)15-11(7)13(18)19)12(17)16-9-4-3-5-14-6-9/h3-6,15H,1-2H3,(H,16,17)(H,18,19). The summed E-state index contributed by atoms with van der Waals surface area (Å²) >= 11 is 0. The molecule has 2 aromatic heterocycles. The lowest BCUT2D eigenvalue weighted by molar-refractivity contribution is 0.0690. The van der Waals surface area contributed by atoms with Gasteiger partial charge in [0.15, 0.2) is 0 Å². The van der Waals surface area contributed by atoms with Crippen molar-refractivity contribution in [2.75, 3.05) is 5.32 Å². The molecule has 0 aliphatic carbocycles. The van der Waals surface area contributed by atoms with E-state index in [1.807, 2.05) is 0 Å². The number of pyridine rings is 1. The van der Waals surface area contributed by atoms with Gasteiger partial charge in [0.25, 0.3) is 5.91 Å². The maximum absolute atomic E-state index is 12.1. The molecule has 98 valence electrons. The average Bonchev–Trinajstić information content (AvgIpc) is 2.66. The van der Waals surface area contributed by atoms with Crippen molar-refractivity contribution in [3.05, 3.63) is 47.0 Å². The zero-order chi connectivity index (χ0) is 14.0. The monoisotopic (exact) mass is 259 g/mol. The Kier molecular flexibility index (Phi) is 3.33. The summed E-state index contributed by atoms with van der Waals surface area (Å²) < 4.78 is 0. The topological polar surface area (TPSA) is 95.1 Å². The predicted molar refractivity (Wildman–Crippen MR) is 69.4 cm³/mol. The minimum atomic E-state index is -1.08. The van der Waals surface area contributed by atoms with Crippen molar-refractivity contribution < 1.29 is 14.7 Å². The number of nitrogens with one attached hydrogen (secondary N) is 2.